The van der Waals surface area contributed by atoms with Crippen LogP contribution in [0.4, 0.5) is 5.82 Å². The lowest BCUT2D eigenvalue weighted by Gasteiger charge is -2.04. The molecule has 5 nitrogen and oxygen atoms in total. The average Bonchev–Trinajstić information content (AvgIpc) is 3.11. The third kappa shape index (κ3) is 2.92. The van der Waals surface area contributed by atoms with Gasteiger partial charge in [-0.05, 0) is 31.4 Å². The highest BCUT2D eigenvalue weighted by molar-refractivity contribution is 5.92. The van der Waals surface area contributed by atoms with Gasteiger partial charge in [0.25, 0.3) is 5.91 Å². The van der Waals surface area contributed by atoms with Crippen molar-refractivity contribution >= 4 is 11.7 Å². The molecule has 16 heavy (non-hydrogen) atoms. The summed E-state index contributed by atoms with van der Waals surface area (Å²) in [6, 6.07) is 4.04. The molecule has 0 radical (unpaired) electrons. The Morgan fingerprint density at radius 2 is 2.25 bits per heavy atom. The molecule has 2 rings (SSSR count). The van der Waals surface area contributed by atoms with E-state index in [4.69, 9.17) is 0 Å². The van der Waals surface area contributed by atoms with Crippen molar-refractivity contribution in [3.63, 3.8) is 0 Å². The van der Waals surface area contributed by atoms with Crippen LogP contribution in [0.3, 0.4) is 0 Å². The summed E-state index contributed by atoms with van der Waals surface area (Å²) in [7, 11) is 0. The number of rotatable bonds is 5. The lowest BCUT2D eigenvalue weighted by Crippen LogP contribution is -2.25. The molecule has 0 aliphatic heterocycles. The van der Waals surface area contributed by atoms with Gasteiger partial charge in [0.2, 0.25) is 0 Å². The van der Waals surface area contributed by atoms with Gasteiger partial charge in [0.1, 0.15) is 5.82 Å². The van der Waals surface area contributed by atoms with Gasteiger partial charge in [-0.3, -0.25) is 4.79 Å². The van der Waals surface area contributed by atoms with E-state index in [1.165, 1.54) is 12.8 Å². The van der Waals surface area contributed by atoms with Gasteiger partial charge in [0.05, 0.1) is 0 Å². The summed E-state index contributed by atoms with van der Waals surface area (Å²) in [5.74, 6) is 0.585. The maximum atomic E-state index is 11.5. The zero-order valence-electron chi connectivity index (χ0n) is 9.36. The van der Waals surface area contributed by atoms with E-state index in [-0.39, 0.29) is 5.91 Å². The molecule has 0 spiro atoms. The molecule has 86 valence electrons. The molecule has 1 aromatic rings. The Bertz CT molecular complexity index is 359. The number of hydrogen-bond acceptors (Lipinski definition) is 4. The second-order valence-corrected chi connectivity index (χ2v) is 3.98. The SMILES string of the molecule is CCCNC(=O)c1ccc(NC2CC2)nn1. The molecule has 1 heterocycles. The Labute approximate surface area is 94.6 Å². The Balaban J connectivity index is 1.92. The summed E-state index contributed by atoms with van der Waals surface area (Å²) in [4.78, 5) is 11.5. The summed E-state index contributed by atoms with van der Waals surface area (Å²) < 4.78 is 0. The quantitative estimate of drug-likeness (QED) is 0.782. The highest BCUT2D eigenvalue weighted by Crippen LogP contribution is 2.23. The molecule has 1 fully saturated rings. The van der Waals surface area contributed by atoms with Crippen LogP contribution in [0.2, 0.25) is 0 Å². The second kappa shape index (κ2) is 4.92. The molecule has 0 aromatic carbocycles. The first-order chi connectivity index (χ1) is 7.79. The molecular formula is C11H16N4O. The van der Waals surface area contributed by atoms with Crippen molar-refractivity contribution in [1.82, 2.24) is 15.5 Å². The van der Waals surface area contributed by atoms with Crippen LogP contribution in [0.5, 0.6) is 0 Å². The molecule has 0 unspecified atom stereocenters. The van der Waals surface area contributed by atoms with E-state index in [0.29, 0.717) is 18.3 Å². The zero-order chi connectivity index (χ0) is 11.4. The molecule has 1 aliphatic rings. The van der Waals surface area contributed by atoms with Crippen LogP contribution in [0.1, 0.15) is 36.7 Å². The van der Waals surface area contributed by atoms with E-state index in [1.807, 2.05) is 6.92 Å². The Kier molecular flexibility index (Phi) is 3.34. The lowest BCUT2D eigenvalue weighted by atomic mass is 10.3. The van der Waals surface area contributed by atoms with E-state index >= 15 is 0 Å². The first-order valence-corrected chi connectivity index (χ1v) is 5.68. The van der Waals surface area contributed by atoms with Gasteiger partial charge in [-0.25, -0.2) is 0 Å². The average molecular weight is 220 g/mol. The summed E-state index contributed by atoms with van der Waals surface area (Å²) in [6.45, 7) is 2.68. The van der Waals surface area contributed by atoms with Gasteiger partial charge in [0.15, 0.2) is 5.69 Å². The van der Waals surface area contributed by atoms with Crippen LogP contribution in [-0.2, 0) is 0 Å². The Morgan fingerprint density at radius 3 is 2.81 bits per heavy atom. The molecule has 5 heteroatoms. The Hall–Kier alpha value is -1.65. The molecule has 2 N–H and O–H groups in total. The first-order valence-electron chi connectivity index (χ1n) is 5.68. The van der Waals surface area contributed by atoms with Gasteiger partial charge in [-0.1, -0.05) is 6.92 Å². The molecule has 0 atom stereocenters. The number of anilines is 1. The molecule has 1 aliphatic carbocycles. The minimum absolute atomic E-state index is 0.160. The van der Waals surface area contributed by atoms with Gasteiger partial charge < -0.3 is 10.6 Å². The minimum atomic E-state index is -0.160. The third-order valence-electron chi connectivity index (χ3n) is 2.36. The number of nitrogens with zero attached hydrogens (tertiary/aromatic N) is 2. The first kappa shape index (κ1) is 10.9. The summed E-state index contributed by atoms with van der Waals surface area (Å²) in [5, 5.41) is 13.8. The zero-order valence-corrected chi connectivity index (χ0v) is 9.36. The topological polar surface area (TPSA) is 66.9 Å². The van der Waals surface area contributed by atoms with E-state index < -0.39 is 0 Å². The number of nitrogens with one attached hydrogen (secondary N) is 2. The minimum Gasteiger partial charge on any atom is -0.366 e. The van der Waals surface area contributed by atoms with E-state index in [2.05, 4.69) is 20.8 Å². The number of carbonyl (C=O) groups excluding carboxylic acids is 1. The van der Waals surface area contributed by atoms with Crippen molar-refractivity contribution in [2.24, 2.45) is 0 Å². The van der Waals surface area contributed by atoms with Crippen molar-refractivity contribution in [3.05, 3.63) is 17.8 Å². The molecular weight excluding hydrogens is 204 g/mol. The van der Waals surface area contributed by atoms with Crippen LogP contribution in [0.25, 0.3) is 0 Å². The lowest BCUT2D eigenvalue weighted by molar-refractivity contribution is 0.0947. The fourth-order valence-electron chi connectivity index (χ4n) is 1.30. The van der Waals surface area contributed by atoms with Crippen LogP contribution in [0, 0.1) is 0 Å². The largest absolute Gasteiger partial charge is 0.366 e. The van der Waals surface area contributed by atoms with Crippen molar-refractivity contribution < 1.29 is 4.79 Å². The molecule has 1 saturated carbocycles. The summed E-state index contributed by atoms with van der Waals surface area (Å²) >= 11 is 0. The number of hydrogen-bond donors (Lipinski definition) is 2. The van der Waals surface area contributed by atoms with Crippen molar-refractivity contribution in [2.75, 3.05) is 11.9 Å². The second-order valence-electron chi connectivity index (χ2n) is 3.98. The fourth-order valence-corrected chi connectivity index (χ4v) is 1.30. The predicted molar refractivity (Wildman–Crippen MR) is 61.3 cm³/mol. The summed E-state index contributed by atoms with van der Waals surface area (Å²) in [6.07, 6.45) is 3.31. The van der Waals surface area contributed by atoms with Gasteiger partial charge in [0, 0.05) is 12.6 Å². The van der Waals surface area contributed by atoms with Crippen molar-refractivity contribution in [2.45, 2.75) is 32.2 Å². The van der Waals surface area contributed by atoms with Crippen molar-refractivity contribution in [3.8, 4) is 0 Å². The smallest absolute Gasteiger partial charge is 0.271 e. The number of aromatic nitrogens is 2. The van der Waals surface area contributed by atoms with Crippen LogP contribution < -0.4 is 10.6 Å². The molecule has 1 aromatic heterocycles. The van der Waals surface area contributed by atoms with Crippen molar-refractivity contribution in [1.29, 1.82) is 0 Å². The molecule has 1 amide bonds. The molecule has 0 bridgehead atoms. The Morgan fingerprint density at radius 1 is 1.44 bits per heavy atom. The van der Waals surface area contributed by atoms with Crippen LogP contribution in [0.15, 0.2) is 12.1 Å². The van der Waals surface area contributed by atoms with E-state index in [1.54, 1.807) is 12.1 Å². The van der Waals surface area contributed by atoms with E-state index in [0.717, 1.165) is 12.2 Å². The molecule has 0 saturated heterocycles. The number of amides is 1. The van der Waals surface area contributed by atoms with Crippen LogP contribution >= 0.6 is 0 Å². The predicted octanol–water partition coefficient (Wildman–Crippen LogP) is 1.19. The maximum absolute atomic E-state index is 11.5. The highest BCUT2D eigenvalue weighted by atomic mass is 16.1. The van der Waals surface area contributed by atoms with E-state index in [9.17, 15) is 4.79 Å². The fraction of sp³-hybridized carbons (Fsp3) is 0.545. The van der Waals surface area contributed by atoms with Gasteiger partial charge in [-0.2, -0.15) is 0 Å². The summed E-state index contributed by atoms with van der Waals surface area (Å²) in [5.41, 5.74) is 0.370. The highest BCUT2D eigenvalue weighted by Gasteiger charge is 2.21. The normalized spacial score (nSPS) is 14.6. The van der Waals surface area contributed by atoms with Crippen LogP contribution in [-0.4, -0.2) is 28.7 Å². The number of carbonyl (C=O) groups is 1. The maximum Gasteiger partial charge on any atom is 0.271 e. The van der Waals surface area contributed by atoms with Gasteiger partial charge >= 0.3 is 0 Å². The standard InChI is InChI=1S/C11H16N4O/c1-2-7-12-11(16)9-5-6-10(15-14-9)13-8-3-4-8/h5-6,8H,2-4,7H2,1H3,(H,12,16)(H,13,15). The monoisotopic (exact) mass is 220 g/mol. The van der Waals surface area contributed by atoms with Gasteiger partial charge in [-0.15, -0.1) is 10.2 Å². The third-order valence-corrected chi connectivity index (χ3v) is 2.36.